The molecule has 2 aliphatic heterocycles. The van der Waals surface area contributed by atoms with Crippen molar-refractivity contribution >= 4 is 32.7 Å². The minimum absolute atomic E-state index is 0.0577. The van der Waals surface area contributed by atoms with Crippen LogP contribution in [0.5, 0.6) is 0 Å². The zero-order valence-corrected chi connectivity index (χ0v) is 20.5. The number of imidazole rings is 1. The van der Waals surface area contributed by atoms with E-state index < -0.39 is 27.0 Å². The molecule has 5 heterocycles. The molecule has 2 fully saturated rings. The molecule has 0 aliphatic carbocycles. The van der Waals surface area contributed by atoms with Crippen molar-refractivity contribution in [2.45, 2.75) is 49.7 Å². The SMILES string of the molecule is C[C@H]1CN(c2cc(S(=O)(=O)NC3(C)COC3)cc3c(-c4nnc(C(F)F)s4)ncn23)C[C@H](C)N1. The lowest BCUT2D eigenvalue weighted by Gasteiger charge is -2.39. The maximum Gasteiger partial charge on any atom is 0.291 e. The van der Waals surface area contributed by atoms with E-state index in [0.29, 0.717) is 30.1 Å². The van der Waals surface area contributed by atoms with E-state index in [9.17, 15) is 17.2 Å². The summed E-state index contributed by atoms with van der Waals surface area (Å²) in [4.78, 5) is 6.56. The number of anilines is 1. The molecule has 2 atom stereocenters. The number of fused-ring (bicyclic) bond motifs is 1. The van der Waals surface area contributed by atoms with Crippen molar-refractivity contribution in [1.29, 1.82) is 0 Å². The molecule has 0 unspecified atom stereocenters. The fourth-order valence-electron chi connectivity index (χ4n) is 4.40. The lowest BCUT2D eigenvalue weighted by molar-refractivity contribution is -0.0523. The number of hydrogen-bond donors (Lipinski definition) is 2. The predicted molar refractivity (Wildman–Crippen MR) is 123 cm³/mol. The molecule has 14 heteroatoms. The number of piperazine rings is 1. The molecule has 0 spiro atoms. The third-order valence-electron chi connectivity index (χ3n) is 5.85. The number of alkyl halides is 2. The van der Waals surface area contributed by atoms with E-state index >= 15 is 0 Å². The Balaban J connectivity index is 1.65. The van der Waals surface area contributed by atoms with Crippen LogP contribution >= 0.6 is 11.3 Å². The van der Waals surface area contributed by atoms with Crippen LogP contribution in [0.4, 0.5) is 14.6 Å². The van der Waals surface area contributed by atoms with E-state index in [1.54, 1.807) is 23.7 Å². The van der Waals surface area contributed by atoms with Crippen LogP contribution in [0.25, 0.3) is 16.2 Å². The first kappa shape index (κ1) is 23.5. The molecule has 2 aliphatic rings. The molecular weight excluding hydrogens is 488 g/mol. The predicted octanol–water partition coefficient (Wildman–Crippen LogP) is 2.04. The van der Waals surface area contributed by atoms with Crippen LogP contribution in [0.3, 0.4) is 0 Å². The first-order chi connectivity index (χ1) is 16.0. The highest BCUT2D eigenvalue weighted by Gasteiger charge is 2.38. The van der Waals surface area contributed by atoms with E-state index in [2.05, 4.69) is 44.0 Å². The van der Waals surface area contributed by atoms with Crippen LogP contribution in [0.1, 0.15) is 32.2 Å². The molecule has 34 heavy (non-hydrogen) atoms. The number of ether oxygens (including phenoxy) is 1. The molecule has 0 radical (unpaired) electrons. The summed E-state index contributed by atoms with van der Waals surface area (Å²) < 4.78 is 62.6. The van der Waals surface area contributed by atoms with Gasteiger partial charge >= 0.3 is 0 Å². The van der Waals surface area contributed by atoms with Crippen molar-refractivity contribution in [3.8, 4) is 10.7 Å². The Labute approximate surface area is 199 Å². The fourth-order valence-corrected chi connectivity index (χ4v) is 6.51. The van der Waals surface area contributed by atoms with Gasteiger partial charge in [-0.1, -0.05) is 11.3 Å². The number of aromatic nitrogens is 4. The monoisotopic (exact) mass is 513 g/mol. The quantitative estimate of drug-likeness (QED) is 0.515. The third-order valence-corrected chi connectivity index (χ3v) is 8.40. The van der Waals surface area contributed by atoms with Gasteiger partial charge in [0.05, 0.1) is 29.2 Å². The molecule has 2 N–H and O–H groups in total. The first-order valence-electron chi connectivity index (χ1n) is 10.8. The standard InChI is InChI=1S/C20H25F2N7O3S2/c1-11-6-28(7-12(2)24-11)15-5-13(34(30,31)27-20(3)8-32-9-20)4-14-16(23-10-29(14)15)18-25-26-19(33-18)17(21)22/h4-5,10-12,17,24,27H,6-9H2,1-3H3/t11-,12-/m0/s1. The van der Waals surface area contributed by atoms with Gasteiger partial charge in [0, 0.05) is 25.2 Å². The normalized spacial score (nSPS) is 22.9. The Morgan fingerprint density at radius 2 is 1.94 bits per heavy atom. The Morgan fingerprint density at radius 3 is 2.53 bits per heavy atom. The Morgan fingerprint density at radius 1 is 1.24 bits per heavy atom. The molecule has 3 aromatic rings. The summed E-state index contributed by atoms with van der Waals surface area (Å²) in [5, 5.41) is 10.7. The second kappa shape index (κ2) is 8.45. The summed E-state index contributed by atoms with van der Waals surface area (Å²) in [7, 11) is -3.91. The van der Waals surface area contributed by atoms with Crippen molar-refractivity contribution in [1.82, 2.24) is 29.6 Å². The van der Waals surface area contributed by atoms with Crippen molar-refractivity contribution in [3.05, 3.63) is 23.5 Å². The van der Waals surface area contributed by atoms with E-state index in [0.717, 1.165) is 11.3 Å². The number of pyridine rings is 1. The number of rotatable bonds is 6. The lowest BCUT2D eigenvalue weighted by Crippen LogP contribution is -2.59. The highest BCUT2D eigenvalue weighted by molar-refractivity contribution is 7.89. The van der Waals surface area contributed by atoms with Gasteiger partial charge in [-0.3, -0.25) is 4.40 Å². The molecule has 5 rings (SSSR count). The third kappa shape index (κ3) is 4.28. The van der Waals surface area contributed by atoms with E-state index in [1.807, 2.05) is 0 Å². The highest BCUT2D eigenvalue weighted by Crippen LogP contribution is 2.34. The second-order valence-electron chi connectivity index (χ2n) is 9.18. The van der Waals surface area contributed by atoms with Gasteiger partial charge in [-0.15, -0.1) is 10.2 Å². The van der Waals surface area contributed by atoms with E-state index in [-0.39, 0.29) is 35.2 Å². The van der Waals surface area contributed by atoms with Gasteiger partial charge in [0.1, 0.15) is 17.8 Å². The summed E-state index contributed by atoms with van der Waals surface area (Å²) in [6.07, 6.45) is -1.18. The molecule has 0 bridgehead atoms. The van der Waals surface area contributed by atoms with Crippen LogP contribution in [0, 0.1) is 0 Å². The molecule has 0 saturated carbocycles. The van der Waals surface area contributed by atoms with E-state index in [1.165, 1.54) is 6.07 Å². The van der Waals surface area contributed by atoms with Gasteiger partial charge in [0.2, 0.25) is 10.0 Å². The Hall–Kier alpha value is -2.26. The summed E-state index contributed by atoms with van der Waals surface area (Å²) in [5.41, 5.74) is 0.0679. The summed E-state index contributed by atoms with van der Waals surface area (Å²) >= 11 is 0.739. The molecular formula is C20H25F2N7O3S2. The van der Waals surface area contributed by atoms with Gasteiger partial charge in [0.15, 0.2) is 10.0 Å². The van der Waals surface area contributed by atoms with Crippen LogP contribution in [-0.4, -0.2) is 71.9 Å². The summed E-state index contributed by atoms with van der Waals surface area (Å²) in [5.74, 6) is 0.644. The number of sulfonamides is 1. The van der Waals surface area contributed by atoms with Crippen LogP contribution in [0.2, 0.25) is 0 Å². The zero-order valence-electron chi connectivity index (χ0n) is 18.8. The minimum atomic E-state index is -3.91. The largest absolute Gasteiger partial charge is 0.377 e. The van der Waals surface area contributed by atoms with Crippen LogP contribution < -0.4 is 14.9 Å². The average Bonchev–Trinajstić information content (AvgIpc) is 3.38. The number of nitrogens with zero attached hydrogens (tertiary/aromatic N) is 5. The van der Waals surface area contributed by atoms with Crippen LogP contribution in [0.15, 0.2) is 23.4 Å². The van der Waals surface area contributed by atoms with Crippen molar-refractivity contribution in [2.24, 2.45) is 0 Å². The number of nitrogens with one attached hydrogen (secondary N) is 2. The lowest BCUT2D eigenvalue weighted by atomic mass is 10.0. The van der Waals surface area contributed by atoms with Gasteiger partial charge in [-0.2, -0.15) is 0 Å². The molecule has 2 saturated heterocycles. The molecule has 3 aromatic heterocycles. The zero-order chi connectivity index (χ0) is 24.3. The molecule has 0 amide bonds. The van der Waals surface area contributed by atoms with Crippen molar-refractivity contribution in [3.63, 3.8) is 0 Å². The second-order valence-corrected chi connectivity index (χ2v) is 11.9. The van der Waals surface area contributed by atoms with Gasteiger partial charge in [-0.05, 0) is 32.9 Å². The van der Waals surface area contributed by atoms with Crippen molar-refractivity contribution < 1.29 is 21.9 Å². The van der Waals surface area contributed by atoms with Gasteiger partial charge < -0.3 is 15.0 Å². The average molecular weight is 514 g/mol. The molecule has 0 aromatic carbocycles. The maximum absolute atomic E-state index is 13.4. The number of halogens is 2. The Kier molecular flexibility index (Phi) is 5.83. The molecule has 184 valence electrons. The maximum atomic E-state index is 13.4. The smallest absolute Gasteiger partial charge is 0.291 e. The number of hydrogen-bond acceptors (Lipinski definition) is 9. The van der Waals surface area contributed by atoms with Gasteiger partial charge in [-0.25, -0.2) is 26.9 Å². The minimum Gasteiger partial charge on any atom is -0.377 e. The summed E-state index contributed by atoms with van der Waals surface area (Å²) in [6, 6.07) is 3.49. The molecule has 10 nitrogen and oxygen atoms in total. The van der Waals surface area contributed by atoms with Crippen LogP contribution in [-0.2, 0) is 14.8 Å². The topological polar surface area (TPSA) is 114 Å². The fraction of sp³-hybridized carbons (Fsp3) is 0.550. The summed E-state index contributed by atoms with van der Waals surface area (Å²) in [6.45, 7) is 7.79. The first-order valence-corrected chi connectivity index (χ1v) is 13.1. The highest BCUT2D eigenvalue weighted by atomic mass is 32.2. The van der Waals surface area contributed by atoms with Gasteiger partial charge in [0.25, 0.3) is 6.43 Å². The van der Waals surface area contributed by atoms with Crippen molar-refractivity contribution in [2.75, 3.05) is 31.2 Å². The Bertz CT molecular complexity index is 1310. The van der Waals surface area contributed by atoms with E-state index in [4.69, 9.17) is 4.74 Å².